The lowest BCUT2D eigenvalue weighted by molar-refractivity contribution is -0.152. The number of hydrogen-bond donors (Lipinski definition) is 4. The van der Waals surface area contributed by atoms with Crippen LogP contribution in [0.3, 0.4) is 0 Å². The zero-order valence-corrected chi connectivity index (χ0v) is 29.0. The average Bonchev–Trinajstić information content (AvgIpc) is 2.99. The number of aliphatic hydroxyl groups excluding tert-OH is 1. The predicted molar refractivity (Wildman–Crippen MR) is 175 cm³/mol. The average molecular weight is 703 g/mol. The second-order valence-electron chi connectivity index (χ2n) is 12.4. The summed E-state index contributed by atoms with van der Waals surface area (Å²) < 4.78 is 9.14. The number of fused-ring (bicyclic) bond motifs is 1. The standard InChI is InChI=1S/C31H42Cl3N5O7/c1-17(2)25(26(41)36-18(3)27(42)39-11-7-8-23(38-39)28(43)46-16-31(32,33)34)37-29(44)30(5,6)15-45-24-13-22-12-20(19(4)40)9-10-21(22)14-35-24/h9-10,12-14,17-19,23,25,38,40H,7-8,11,15-16H2,1-6H3,(H,36,41)(H,37,44)/t18-,19+,23+,25?/m0/s1. The van der Waals surface area contributed by atoms with Gasteiger partial charge in [0.15, 0.2) is 0 Å². The first-order valence-electron chi connectivity index (χ1n) is 15.0. The number of nitrogens with zero attached hydrogens (tertiary/aromatic N) is 2. The lowest BCUT2D eigenvalue weighted by Crippen LogP contribution is -2.61. The molecule has 46 heavy (non-hydrogen) atoms. The molecule has 1 fully saturated rings. The molecule has 15 heteroatoms. The molecule has 2 heterocycles. The fourth-order valence-electron chi connectivity index (χ4n) is 4.64. The van der Waals surface area contributed by atoms with Crippen LogP contribution in [0.5, 0.6) is 5.88 Å². The van der Waals surface area contributed by atoms with Crippen LogP contribution in [0.4, 0.5) is 0 Å². The zero-order chi connectivity index (χ0) is 34.4. The van der Waals surface area contributed by atoms with E-state index in [0.717, 1.165) is 16.3 Å². The van der Waals surface area contributed by atoms with Gasteiger partial charge in [-0.1, -0.05) is 60.8 Å². The number of ether oxygens (including phenoxy) is 2. The van der Waals surface area contributed by atoms with E-state index >= 15 is 0 Å². The van der Waals surface area contributed by atoms with E-state index in [4.69, 9.17) is 44.3 Å². The highest BCUT2D eigenvalue weighted by molar-refractivity contribution is 6.67. The van der Waals surface area contributed by atoms with Crippen molar-refractivity contribution in [3.8, 4) is 5.88 Å². The molecule has 1 aliphatic heterocycles. The first-order valence-corrected chi connectivity index (χ1v) is 16.1. The van der Waals surface area contributed by atoms with E-state index in [1.165, 1.54) is 11.9 Å². The SMILES string of the molecule is CC(C)C(NC(=O)C(C)(C)COc1cc2cc([C@@H](C)O)ccc2cn1)C(=O)N[C@@H](C)C(=O)N1CCC[C@H](C(=O)OCC(Cl)(Cl)Cl)N1. The van der Waals surface area contributed by atoms with E-state index in [0.29, 0.717) is 25.3 Å². The van der Waals surface area contributed by atoms with Gasteiger partial charge < -0.3 is 25.2 Å². The minimum Gasteiger partial charge on any atom is -0.477 e. The van der Waals surface area contributed by atoms with Crippen LogP contribution in [-0.4, -0.2) is 80.5 Å². The highest BCUT2D eigenvalue weighted by Crippen LogP contribution is 2.27. The van der Waals surface area contributed by atoms with Gasteiger partial charge in [0.05, 0.1) is 11.5 Å². The number of pyridine rings is 1. The summed E-state index contributed by atoms with van der Waals surface area (Å²) in [5, 5.41) is 18.4. The van der Waals surface area contributed by atoms with Gasteiger partial charge in [0.2, 0.25) is 21.5 Å². The van der Waals surface area contributed by atoms with Crippen molar-refractivity contribution < 1.29 is 33.8 Å². The Labute approximate surface area is 283 Å². The smallest absolute Gasteiger partial charge is 0.325 e. The Morgan fingerprint density at radius 3 is 2.39 bits per heavy atom. The molecule has 254 valence electrons. The van der Waals surface area contributed by atoms with Gasteiger partial charge in [0.1, 0.15) is 31.3 Å². The van der Waals surface area contributed by atoms with Crippen LogP contribution in [0.2, 0.25) is 0 Å². The molecular formula is C31H42Cl3N5O7. The minimum absolute atomic E-state index is 0.0271. The van der Waals surface area contributed by atoms with Crippen molar-refractivity contribution in [2.75, 3.05) is 19.8 Å². The van der Waals surface area contributed by atoms with Crippen LogP contribution in [-0.2, 0) is 23.9 Å². The molecule has 12 nitrogen and oxygen atoms in total. The Bertz CT molecular complexity index is 1420. The van der Waals surface area contributed by atoms with E-state index in [1.807, 2.05) is 18.2 Å². The number of amides is 3. The van der Waals surface area contributed by atoms with Crippen molar-refractivity contribution in [3.05, 3.63) is 36.0 Å². The number of aromatic nitrogens is 1. The second kappa shape index (κ2) is 15.8. The summed E-state index contributed by atoms with van der Waals surface area (Å²) in [7, 11) is 0. The van der Waals surface area contributed by atoms with Crippen molar-refractivity contribution in [2.24, 2.45) is 11.3 Å². The van der Waals surface area contributed by atoms with E-state index < -0.39 is 63.7 Å². The van der Waals surface area contributed by atoms with Gasteiger partial charge in [-0.25, -0.2) is 10.4 Å². The molecule has 3 amide bonds. The summed E-state index contributed by atoms with van der Waals surface area (Å²) in [6.45, 7) is 9.97. The van der Waals surface area contributed by atoms with Crippen molar-refractivity contribution >= 4 is 69.3 Å². The quantitative estimate of drug-likeness (QED) is 0.191. The number of aliphatic hydroxyl groups is 1. The number of halogens is 3. The highest BCUT2D eigenvalue weighted by atomic mass is 35.6. The molecule has 0 spiro atoms. The highest BCUT2D eigenvalue weighted by Gasteiger charge is 2.36. The van der Waals surface area contributed by atoms with Crippen LogP contribution in [0.15, 0.2) is 30.5 Å². The van der Waals surface area contributed by atoms with E-state index in [2.05, 4.69) is 21.0 Å². The van der Waals surface area contributed by atoms with Crippen LogP contribution >= 0.6 is 34.8 Å². The third-order valence-corrected chi connectivity index (χ3v) is 7.81. The maximum absolute atomic E-state index is 13.3. The lowest BCUT2D eigenvalue weighted by atomic mass is 9.92. The number of hydrogen-bond acceptors (Lipinski definition) is 9. The number of alkyl halides is 3. The molecule has 0 aliphatic carbocycles. The zero-order valence-electron chi connectivity index (χ0n) is 26.7. The molecule has 1 aromatic heterocycles. The number of carbonyl (C=O) groups excluding carboxylic acids is 4. The van der Waals surface area contributed by atoms with Crippen LogP contribution in [0.1, 0.15) is 66.1 Å². The number of carbonyl (C=O) groups is 4. The molecule has 4 atom stereocenters. The molecule has 0 bridgehead atoms. The Morgan fingerprint density at radius 1 is 1.07 bits per heavy atom. The molecule has 1 aromatic carbocycles. The van der Waals surface area contributed by atoms with Crippen LogP contribution < -0.4 is 20.8 Å². The van der Waals surface area contributed by atoms with Gasteiger partial charge in [-0.15, -0.1) is 0 Å². The first-order chi connectivity index (χ1) is 21.4. The minimum atomic E-state index is -1.76. The fourth-order valence-corrected chi connectivity index (χ4v) is 4.80. The van der Waals surface area contributed by atoms with Gasteiger partial charge in [0, 0.05) is 24.2 Å². The third kappa shape index (κ3) is 10.6. The largest absolute Gasteiger partial charge is 0.477 e. The lowest BCUT2D eigenvalue weighted by Gasteiger charge is -2.35. The first kappa shape index (κ1) is 37.6. The van der Waals surface area contributed by atoms with Gasteiger partial charge in [-0.05, 0) is 63.5 Å². The van der Waals surface area contributed by atoms with E-state index in [9.17, 15) is 24.3 Å². The van der Waals surface area contributed by atoms with Crippen molar-refractivity contribution in [1.29, 1.82) is 0 Å². The maximum Gasteiger partial charge on any atom is 0.325 e. The molecule has 0 saturated carbocycles. The summed E-state index contributed by atoms with van der Waals surface area (Å²) in [5.74, 6) is -2.10. The summed E-state index contributed by atoms with van der Waals surface area (Å²) >= 11 is 16.9. The molecule has 4 N–H and O–H groups in total. The molecule has 0 radical (unpaired) electrons. The fraction of sp³-hybridized carbons (Fsp3) is 0.581. The Kier molecular flexibility index (Phi) is 12.9. The van der Waals surface area contributed by atoms with Crippen molar-refractivity contribution in [1.82, 2.24) is 26.1 Å². The molecule has 2 aromatic rings. The Morgan fingerprint density at radius 2 is 1.76 bits per heavy atom. The normalized spacial score (nSPS) is 17.6. The second-order valence-corrected chi connectivity index (χ2v) is 15.0. The van der Waals surface area contributed by atoms with E-state index in [1.54, 1.807) is 46.9 Å². The summed E-state index contributed by atoms with van der Waals surface area (Å²) in [4.78, 5) is 56.5. The maximum atomic E-state index is 13.3. The van der Waals surface area contributed by atoms with Gasteiger partial charge in [-0.3, -0.25) is 24.2 Å². The number of esters is 1. The number of nitrogens with one attached hydrogen (secondary N) is 3. The van der Waals surface area contributed by atoms with Crippen molar-refractivity contribution in [2.45, 2.75) is 82.4 Å². The number of rotatable bonds is 12. The third-order valence-electron chi connectivity index (χ3n) is 7.48. The topological polar surface area (TPSA) is 159 Å². The summed E-state index contributed by atoms with van der Waals surface area (Å²) in [6.07, 6.45) is 1.95. The van der Waals surface area contributed by atoms with Crippen LogP contribution in [0.25, 0.3) is 10.8 Å². The van der Waals surface area contributed by atoms with Gasteiger partial charge in [0.25, 0.3) is 5.91 Å². The number of hydrazine groups is 1. The molecular weight excluding hydrogens is 661 g/mol. The summed E-state index contributed by atoms with van der Waals surface area (Å²) in [6, 6.07) is 4.54. The van der Waals surface area contributed by atoms with Crippen LogP contribution in [0, 0.1) is 11.3 Å². The monoisotopic (exact) mass is 701 g/mol. The molecule has 1 unspecified atom stereocenters. The van der Waals surface area contributed by atoms with Gasteiger partial charge >= 0.3 is 5.97 Å². The Hall–Kier alpha value is -2.90. The Balaban J connectivity index is 1.58. The van der Waals surface area contributed by atoms with E-state index in [-0.39, 0.29) is 12.5 Å². The number of benzene rings is 1. The predicted octanol–water partition coefficient (Wildman–Crippen LogP) is 3.75. The van der Waals surface area contributed by atoms with Gasteiger partial charge in [-0.2, -0.15) is 0 Å². The molecule has 1 saturated heterocycles. The molecule has 3 rings (SSSR count). The summed E-state index contributed by atoms with van der Waals surface area (Å²) in [5.41, 5.74) is 2.53. The van der Waals surface area contributed by atoms with Crippen molar-refractivity contribution in [3.63, 3.8) is 0 Å². The molecule has 1 aliphatic rings.